The molecule has 2 saturated carbocycles. The zero-order valence-electron chi connectivity index (χ0n) is 15.7. The summed E-state index contributed by atoms with van der Waals surface area (Å²) < 4.78 is 0. The molecule has 0 aromatic rings. The van der Waals surface area contributed by atoms with E-state index in [2.05, 4.69) is 26.8 Å². The lowest BCUT2D eigenvalue weighted by molar-refractivity contribution is -0.131. The molecule has 0 radical (unpaired) electrons. The van der Waals surface area contributed by atoms with Gasteiger partial charge in [0.15, 0.2) is 11.6 Å². The number of ketones is 2. The lowest BCUT2D eigenvalue weighted by Gasteiger charge is -2.53. The largest absolute Gasteiger partial charge is 0.389 e. The number of aliphatic hydroxyl groups excluding tert-OH is 1. The average molecular weight is 342 g/mol. The third-order valence-corrected chi connectivity index (χ3v) is 8.18. The minimum atomic E-state index is -0.328. The highest BCUT2D eigenvalue weighted by molar-refractivity contribution is 5.92. The van der Waals surface area contributed by atoms with Gasteiger partial charge in [0.05, 0.1) is 0 Å². The summed E-state index contributed by atoms with van der Waals surface area (Å²) in [5, 5.41) is 9.47. The van der Waals surface area contributed by atoms with Gasteiger partial charge in [-0.25, -0.2) is 0 Å². The van der Waals surface area contributed by atoms with Gasteiger partial charge < -0.3 is 5.11 Å². The first-order valence-corrected chi connectivity index (χ1v) is 9.89. The number of hydrogen-bond acceptors (Lipinski definition) is 3. The van der Waals surface area contributed by atoms with E-state index >= 15 is 0 Å². The van der Waals surface area contributed by atoms with Crippen LogP contribution in [-0.2, 0) is 9.59 Å². The molecule has 0 aromatic heterocycles. The lowest BCUT2D eigenvalue weighted by atomic mass is 9.51. The van der Waals surface area contributed by atoms with Crippen LogP contribution in [0.5, 0.6) is 0 Å². The molecule has 3 nitrogen and oxygen atoms in total. The first-order valence-electron chi connectivity index (χ1n) is 9.89. The van der Waals surface area contributed by atoms with Crippen LogP contribution in [0.1, 0.15) is 59.3 Å². The average Bonchev–Trinajstić information content (AvgIpc) is 2.85. The van der Waals surface area contributed by atoms with Crippen LogP contribution in [0.15, 0.2) is 23.3 Å². The van der Waals surface area contributed by atoms with Gasteiger partial charge in [-0.05, 0) is 61.3 Å². The van der Waals surface area contributed by atoms with Gasteiger partial charge in [0.2, 0.25) is 0 Å². The second-order valence-corrected chi connectivity index (χ2v) is 9.40. The number of aliphatic hydroxyl groups is 1. The molecule has 0 bridgehead atoms. The maximum absolute atomic E-state index is 12.5. The summed E-state index contributed by atoms with van der Waals surface area (Å²) in [5.74, 6) is 1.71. The predicted octanol–water partition coefficient (Wildman–Crippen LogP) is 3.86. The molecule has 3 heteroatoms. The third-order valence-electron chi connectivity index (χ3n) is 8.18. The zero-order valence-corrected chi connectivity index (χ0v) is 15.7. The topological polar surface area (TPSA) is 54.4 Å². The zero-order chi connectivity index (χ0) is 18.0. The molecule has 2 unspecified atom stereocenters. The Morgan fingerprint density at radius 1 is 1.32 bits per heavy atom. The highest BCUT2D eigenvalue weighted by atomic mass is 16.3. The lowest BCUT2D eigenvalue weighted by Crippen LogP contribution is -2.46. The number of hydrogen-bond donors (Lipinski definition) is 1. The van der Waals surface area contributed by atoms with Crippen LogP contribution in [0.3, 0.4) is 0 Å². The van der Waals surface area contributed by atoms with Crippen LogP contribution < -0.4 is 0 Å². The summed E-state index contributed by atoms with van der Waals surface area (Å²) in [6, 6.07) is 0. The number of allylic oxidation sites excluding steroid dienone is 4. The summed E-state index contributed by atoms with van der Waals surface area (Å²) in [6.07, 6.45) is 10.1. The van der Waals surface area contributed by atoms with E-state index in [4.69, 9.17) is 0 Å². The molecule has 0 aliphatic heterocycles. The molecule has 1 N–H and O–H groups in total. The van der Waals surface area contributed by atoms with Crippen LogP contribution in [-0.4, -0.2) is 23.3 Å². The molecule has 4 rings (SSSR count). The number of carbonyl (C=O) groups is 2. The Morgan fingerprint density at radius 2 is 2.08 bits per heavy atom. The van der Waals surface area contributed by atoms with E-state index in [1.807, 2.05) is 6.08 Å². The van der Waals surface area contributed by atoms with Gasteiger partial charge in [-0.3, -0.25) is 9.59 Å². The molecule has 6 atom stereocenters. The molecular formula is C22H30O3. The molecular weight excluding hydrogens is 312 g/mol. The monoisotopic (exact) mass is 342 g/mol. The SMILES string of the molecule is C[C@@H]1CC2C3CCC4=CC(=O)CC[C@]4(C)C3=CC[C@]2(C)[C@H]1C(=O)CO. The molecule has 2 fully saturated rings. The second-order valence-electron chi connectivity index (χ2n) is 9.40. The summed E-state index contributed by atoms with van der Waals surface area (Å²) in [5.41, 5.74) is 2.92. The van der Waals surface area contributed by atoms with Crippen LogP contribution in [0, 0.1) is 34.5 Å². The Morgan fingerprint density at radius 3 is 2.80 bits per heavy atom. The Kier molecular flexibility index (Phi) is 3.88. The van der Waals surface area contributed by atoms with Crippen molar-refractivity contribution in [3.05, 3.63) is 23.3 Å². The maximum Gasteiger partial charge on any atom is 0.162 e. The molecule has 0 amide bonds. The van der Waals surface area contributed by atoms with Gasteiger partial charge in [0.25, 0.3) is 0 Å². The number of carbonyl (C=O) groups excluding carboxylic acids is 2. The van der Waals surface area contributed by atoms with E-state index in [1.165, 1.54) is 5.57 Å². The Hall–Kier alpha value is -1.22. The highest BCUT2D eigenvalue weighted by Gasteiger charge is 2.59. The molecule has 0 aromatic carbocycles. The van der Waals surface area contributed by atoms with Crippen molar-refractivity contribution in [1.29, 1.82) is 0 Å². The molecule has 0 saturated heterocycles. The van der Waals surface area contributed by atoms with E-state index < -0.39 is 0 Å². The molecule has 4 aliphatic rings. The van der Waals surface area contributed by atoms with Crippen molar-refractivity contribution in [2.75, 3.05) is 6.61 Å². The van der Waals surface area contributed by atoms with Gasteiger partial charge in [0, 0.05) is 17.8 Å². The number of fused-ring (bicyclic) bond motifs is 5. The van der Waals surface area contributed by atoms with Crippen molar-refractivity contribution in [1.82, 2.24) is 0 Å². The molecule has 4 aliphatic carbocycles. The van der Waals surface area contributed by atoms with Gasteiger partial charge in [-0.15, -0.1) is 0 Å². The standard InChI is InChI=1S/C22H30O3/c1-13-10-18-16-5-4-14-11-15(24)6-8-21(14,2)17(16)7-9-22(18,3)20(13)19(25)12-23/h7,11,13,16,18,20,23H,4-6,8-10,12H2,1-3H3/t13-,16?,18?,20-,21+,22+/m1/s1. The minimum absolute atomic E-state index is 0.0158. The first-order chi connectivity index (χ1) is 11.8. The van der Waals surface area contributed by atoms with Crippen LogP contribution in [0.2, 0.25) is 0 Å². The predicted molar refractivity (Wildman–Crippen MR) is 96.8 cm³/mol. The van der Waals surface area contributed by atoms with Crippen molar-refractivity contribution in [2.45, 2.75) is 59.3 Å². The van der Waals surface area contributed by atoms with Crippen molar-refractivity contribution < 1.29 is 14.7 Å². The Bertz CT molecular complexity index is 687. The van der Waals surface area contributed by atoms with E-state index in [9.17, 15) is 14.7 Å². The van der Waals surface area contributed by atoms with Gasteiger partial charge in [-0.2, -0.15) is 0 Å². The van der Waals surface area contributed by atoms with E-state index in [0.29, 0.717) is 24.2 Å². The van der Waals surface area contributed by atoms with Gasteiger partial charge >= 0.3 is 0 Å². The normalized spacial score (nSPS) is 45.8. The molecule has 0 heterocycles. The second kappa shape index (κ2) is 5.64. The minimum Gasteiger partial charge on any atom is -0.389 e. The fourth-order valence-electron chi connectivity index (χ4n) is 7.01. The van der Waals surface area contributed by atoms with E-state index in [-0.39, 0.29) is 34.9 Å². The van der Waals surface area contributed by atoms with Crippen LogP contribution in [0.4, 0.5) is 0 Å². The van der Waals surface area contributed by atoms with Crippen LogP contribution >= 0.6 is 0 Å². The quantitative estimate of drug-likeness (QED) is 0.775. The molecule has 0 spiro atoms. The Labute approximate surface area is 150 Å². The molecule has 136 valence electrons. The first kappa shape index (κ1) is 17.2. The van der Waals surface area contributed by atoms with Crippen molar-refractivity contribution >= 4 is 11.6 Å². The number of rotatable bonds is 2. The van der Waals surface area contributed by atoms with Gasteiger partial charge in [0.1, 0.15) is 6.61 Å². The summed E-state index contributed by atoms with van der Waals surface area (Å²) in [6.45, 7) is 6.48. The van der Waals surface area contributed by atoms with Gasteiger partial charge in [-0.1, -0.05) is 38.0 Å². The Balaban J connectivity index is 1.74. The third kappa shape index (κ3) is 2.27. The summed E-state index contributed by atoms with van der Waals surface area (Å²) in [4.78, 5) is 24.3. The maximum atomic E-state index is 12.5. The van der Waals surface area contributed by atoms with E-state index in [1.54, 1.807) is 5.57 Å². The van der Waals surface area contributed by atoms with Crippen LogP contribution in [0.25, 0.3) is 0 Å². The summed E-state index contributed by atoms with van der Waals surface area (Å²) >= 11 is 0. The fourth-order valence-corrected chi connectivity index (χ4v) is 7.01. The van der Waals surface area contributed by atoms with Crippen molar-refractivity contribution in [2.24, 2.45) is 34.5 Å². The van der Waals surface area contributed by atoms with Crippen molar-refractivity contribution in [3.8, 4) is 0 Å². The van der Waals surface area contributed by atoms with E-state index in [0.717, 1.165) is 32.1 Å². The fraction of sp³-hybridized carbons (Fsp3) is 0.727. The smallest absolute Gasteiger partial charge is 0.162 e. The molecule has 25 heavy (non-hydrogen) atoms. The number of Topliss-reactive ketones (excluding diaryl/α,β-unsaturated/α-hetero) is 1. The highest BCUT2D eigenvalue weighted by Crippen LogP contribution is 2.65. The van der Waals surface area contributed by atoms with Crippen molar-refractivity contribution in [3.63, 3.8) is 0 Å². The summed E-state index contributed by atoms with van der Waals surface area (Å²) in [7, 11) is 0.